The van der Waals surface area contributed by atoms with E-state index in [9.17, 15) is 9.18 Å². The zero-order chi connectivity index (χ0) is 15.4. The Labute approximate surface area is 125 Å². The Balaban J connectivity index is 2.41. The molecule has 112 valence electrons. The van der Waals surface area contributed by atoms with Gasteiger partial charge in [-0.1, -0.05) is 44.5 Å². The molecule has 0 saturated carbocycles. The normalized spacial score (nSPS) is 12.4. The van der Waals surface area contributed by atoms with Crippen LogP contribution in [0.15, 0.2) is 36.4 Å². The lowest BCUT2D eigenvalue weighted by Gasteiger charge is -2.24. The number of nitrogens with zero attached hydrogens (tertiary/aromatic N) is 1. The number of hydrogen-bond donors (Lipinski definition) is 0. The number of amides is 1. The van der Waals surface area contributed by atoms with Crippen LogP contribution in [0.25, 0.3) is 10.8 Å². The minimum absolute atomic E-state index is 0.0194. The summed E-state index contributed by atoms with van der Waals surface area (Å²) in [6.45, 7) is 7.63. The number of halogens is 1. The van der Waals surface area contributed by atoms with Crippen LogP contribution in [0.4, 0.5) is 4.39 Å². The van der Waals surface area contributed by atoms with Crippen LogP contribution in [0.5, 0.6) is 0 Å². The standard InChI is InChI=1S/C18H22FNO/c1-4-13(3)12-20(5-2)18(21)16-10-11-17(19)15-9-7-6-8-14(15)16/h6-11,13H,4-5,12H2,1-3H3. The van der Waals surface area contributed by atoms with Gasteiger partial charge in [0.05, 0.1) is 0 Å². The van der Waals surface area contributed by atoms with Crippen molar-refractivity contribution in [1.29, 1.82) is 0 Å². The smallest absolute Gasteiger partial charge is 0.254 e. The first-order valence-corrected chi connectivity index (χ1v) is 7.55. The molecule has 0 aliphatic carbocycles. The molecule has 0 aliphatic rings. The van der Waals surface area contributed by atoms with Crippen LogP contribution in [0, 0.1) is 11.7 Å². The molecular weight excluding hydrogens is 265 g/mol. The van der Waals surface area contributed by atoms with E-state index in [2.05, 4.69) is 13.8 Å². The highest BCUT2D eigenvalue weighted by Crippen LogP contribution is 2.23. The predicted octanol–water partition coefficient (Wildman–Crippen LogP) is 4.49. The van der Waals surface area contributed by atoms with Crippen LogP contribution in [-0.2, 0) is 0 Å². The molecule has 0 N–H and O–H groups in total. The molecule has 0 heterocycles. The van der Waals surface area contributed by atoms with Gasteiger partial charge in [0, 0.05) is 24.0 Å². The third-order valence-corrected chi connectivity index (χ3v) is 4.00. The van der Waals surface area contributed by atoms with Crippen LogP contribution in [0.1, 0.15) is 37.6 Å². The number of benzene rings is 2. The van der Waals surface area contributed by atoms with Crippen molar-refractivity contribution in [3.8, 4) is 0 Å². The summed E-state index contributed by atoms with van der Waals surface area (Å²) >= 11 is 0. The molecule has 0 spiro atoms. The van der Waals surface area contributed by atoms with Gasteiger partial charge in [0.25, 0.3) is 5.91 Å². The van der Waals surface area contributed by atoms with Gasteiger partial charge in [-0.25, -0.2) is 4.39 Å². The van der Waals surface area contributed by atoms with Crippen molar-refractivity contribution in [2.75, 3.05) is 13.1 Å². The number of rotatable bonds is 5. The van der Waals surface area contributed by atoms with Gasteiger partial charge in [-0.05, 0) is 30.4 Å². The minimum atomic E-state index is -0.285. The Hall–Kier alpha value is -1.90. The van der Waals surface area contributed by atoms with E-state index < -0.39 is 0 Å². The van der Waals surface area contributed by atoms with Crippen molar-refractivity contribution in [3.63, 3.8) is 0 Å². The fourth-order valence-corrected chi connectivity index (χ4v) is 2.48. The van der Waals surface area contributed by atoms with E-state index in [4.69, 9.17) is 0 Å². The number of hydrogen-bond acceptors (Lipinski definition) is 1. The second-order valence-corrected chi connectivity index (χ2v) is 5.50. The molecule has 3 heteroatoms. The summed E-state index contributed by atoms with van der Waals surface area (Å²) in [7, 11) is 0. The molecule has 1 atom stereocenters. The first-order chi connectivity index (χ1) is 10.1. The summed E-state index contributed by atoms with van der Waals surface area (Å²) < 4.78 is 13.9. The van der Waals surface area contributed by atoms with E-state index in [0.29, 0.717) is 28.8 Å². The lowest BCUT2D eigenvalue weighted by atomic mass is 10.0. The Bertz CT molecular complexity index is 638. The number of carbonyl (C=O) groups excluding carboxylic acids is 1. The van der Waals surface area contributed by atoms with Crippen LogP contribution in [0.2, 0.25) is 0 Å². The molecule has 0 bridgehead atoms. The Morgan fingerprint density at radius 2 is 1.81 bits per heavy atom. The third-order valence-electron chi connectivity index (χ3n) is 4.00. The van der Waals surface area contributed by atoms with Crippen molar-refractivity contribution >= 4 is 16.7 Å². The molecule has 0 aromatic heterocycles. The van der Waals surface area contributed by atoms with E-state index in [-0.39, 0.29) is 11.7 Å². The van der Waals surface area contributed by atoms with E-state index in [0.717, 1.165) is 13.0 Å². The summed E-state index contributed by atoms with van der Waals surface area (Å²) in [5, 5.41) is 1.19. The topological polar surface area (TPSA) is 20.3 Å². The zero-order valence-electron chi connectivity index (χ0n) is 12.9. The average Bonchev–Trinajstić information content (AvgIpc) is 2.52. The quantitative estimate of drug-likeness (QED) is 0.793. The van der Waals surface area contributed by atoms with E-state index in [1.165, 1.54) is 6.07 Å². The first kappa shape index (κ1) is 15.5. The van der Waals surface area contributed by atoms with Crippen molar-refractivity contribution in [2.24, 2.45) is 5.92 Å². The molecule has 2 aromatic carbocycles. The molecule has 2 nitrogen and oxygen atoms in total. The van der Waals surface area contributed by atoms with Gasteiger partial charge in [0.1, 0.15) is 5.82 Å². The van der Waals surface area contributed by atoms with Crippen LogP contribution in [0.3, 0.4) is 0 Å². The van der Waals surface area contributed by atoms with Crippen molar-refractivity contribution in [2.45, 2.75) is 27.2 Å². The molecule has 2 aromatic rings. The number of carbonyl (C=O) groups is 1. The van der Waals surface area contributed by atoms with Gasteiger partial charge in [-0.2, -0.15) is 0 Å². The molecule has 0 saturated heterocycles. The molecule has 0 fully saturated rings. The van der Waals surface area contributed by atoms with Gasteiger partial charge in [0.15, 0.2) is 0 Å². The monoisotopic (exact) mass is 287 g/mol. The van der Waals surface area contributed by atoms with E-state index in [1.54, 1.807) is 18.2 Å². The van der Waals surface area contributed by atoms with Gasteiger partial charge in [-0.15, -0.1) is 0 Å². The maximum atomic E-state index is 13.9. The molecule has 0 aliphatic heterocycles. The van der Waals surface area contributed by atoms with Crippen LogP contribution < -0.4 is 0 Å². The van der Waals surface area contributed by atoms with E-state index in [1.807, 2.05) is 24.0 Å². The van der Waals surface area contributed by atoms with Crippen molar-refractivity contribution < 1.29 is 9.18 Å². The van der Waals surface area contributed by atoms with Crippen molar-refractivity contribution in [3.05, 3.63) is 47.8 Å². The second-order valence-electron chi connectivity index (χ2n) is 5.50. The lowest BCUT2D eigenvalue weighted by molar-refractivity contribution is 0.0743. The molecule has 2 rings (SSSR count). The van der Waals surface area contributed by atoms with Crippen molar-refractivity contribution in [1.82, 2.24) is 4.90 Å². The minimum Gasteiger partial charge on any atom is -0.339 e. The highest BCUT2D eigenvalue weighted by Gasteiger charge is 2.19. The zero-order valence-corrected chi connectivity index (χ0v) is 12.9. The highest BCUT2D eigenvalue weighted by molar-refractivity contribution is 6.07. The van der Waals surface area contributed by atoms with Crippen LogP contribution in [-0.4, -0.2) is 23.9 Å². The van der Waals surface area contributed by atoms with E-state index >= 15 is 0 Å². The maximum absolute atomic E-state index is 13.9. The second kappa shape index (κ2) is 6.70. The fraction of sp³-hybridized carbons (Fsp3) is 0.389. The molecule has 1 unspecified atom stereocenters. The lowest BCUT2D eigenvalue weighted by Crippen LogP contribution is -2.34. The summed E-state index contributed by atoms with van der Waals surface area (Å²) in [4.78, 5) is 14.6. The van der Waals surface area contributed by atoms with Crippen LogP contribution >= 0.6 is 0 Å². The molecule has 0 radical (unpaired) electrons. The Kier molecular flexibility index (Phi) is 4.94. The third kappa shape index (κ3) is 3.23. The average molecular weight is 287 g/mol. The Morgan fingerprint density at radius 3 is 2.43 bits per heavy atom. The van der Waals surface area contributed by atoms with Gasteiger partial charge in [-0.3, -0.25) is 4.79 Å². The highest BCUT2D eigenvalue weighted by atomic mass is 19.1. The number of fused-ring (bicyclic) bond motifs is 1. The SMILES string of the molecule is CCC(C)CN(CC)C(=O)c1ccc(F)c2ccccc12. The summed E-state index contributed by atoms with van der Waals surface area (Å²) in [5.74, 6) is 0.154. The van der Waals surface area contributed by atoms with Gasteiger partial charge >= 0.3 is 0 Å². The molecule has 21 heavy (non-hydrogen) atoms. The summed E-state index contributed by atoms with van der Waals surface area (Å²) in [6.07, 6.45) is 1.04. The molecular formula is C18H22FNO. The summed E-state index contributed by atoms with van der Waals surface area (Å²) in [6, 6.07) is 10.1. The van der Waals surface area contributed by atoms with Gasteiger partial charge in [0.2, 0.25) is 0 Å². The first-order valence-electron chi connectivity index (χ1n) is 7.55. The largest absolute Gasteiger partial charge is 0.339 e. The predicted molar refractivity (Wildman–Crippen MR) is 84.9 cm³/mol. The van der Waals surface area contributed by atoms with Gasteiger partial charge < -0.3 is 4.90 Å². The summed E-state index contributed by atoms with van der Waals surface area (Å²) in [5.41, 5.74) is 0.581. The fourth-order valence-electron chi connectivity index (χ4n) is 2.48. The Morgan fingerprint density at radius 1 is 1.14 bits per heavy atom. The maximum Gasteiger partial charge on any atom is 0.254 e. The molecule has 1 amide bonds.